The molecule has 4 rings (SSSR count). The molecule has 3 heterocycles. The fraction of sp³-hybridized carbons (Fsp3) is 0.318. The van der Waals surface area contributed by atoms with Gasteiger partial charge in [0, 0.05) is 23.7 Å². The van der Waals surface area contributed by atoms with E-state index in [0.717, 1.165) is 48.5 Å². The largest absolute Gasteiger partial charge is 0.416 e. The van der Waals surface area contributed by atoms with Crippen molar-refractivity contribution in [3.8, 4) is 0 Å². The predicted octanol–water partition coefficient (Wildman–Crippen LogP) is 4.92. The van der Waals surface area contributed by atoms with Crippen LogP contribution in [-0.2, 0) is 17.4 Å². The monoisotopic (exact) mass is 446 g/mol. The molecule has 1 aliphatic rings. The number of likely N-dealkylation sites (tertiary alicyclic amines) is 1. The smallest absolute Gasteiger partial charge is 0.301 e. The molecule has 2 aromatic heterocycles. The summed E-state index contributed by atoms with van der Waals surface area (Å²) < 4.78 is 38.3. The molecule has 1 atom stereocenters. The van der Waals surface area contributed by atoms with Gasteiger partial charge in [0.15, 0.2) is 5.13 Å². The van der Waals surface area contributed by atoms with Crippen LogP contribution in [0.5, 0.6) is 0 Å². The van der Waals surface area contributed by atoms with Crippen LogP contribution in [0, 0.1) is 0 Å². The van der Waals surface area contributed by atoms with E-state index in [2.05, 4.69) is 15.2 Å². The summed E-state index contributed by atoms with van der Waals surface area (Å²) in [5, 5.41) is 5.19. The van der Waals surface area contributed by atoms with Crippen molar-refractivity contribution in [3.05, 3.63) is 76.6 Å². The molecule has 9 heteroatoms. The van der Waals surface area contributed by atoms with Crippen LogP contribution in [0.2, 0.25) is 0 Å². The van der Waals surface area contributed by atoms with E-state index < -0.39 is 11.7 Å². The van der Waals surface area contributed by atoms with Crippen molar-refractivity contribution < 1.29 is 18.0 Å². The topological polar surface area (TPSA) is 58.1 Å². The molecule has 1 N–H and O–H groups in total. The Kier molecular flexibility index (Phi) is 6.33. The van der Waals surface area contributed by atoms with E-state index in [9.17, 15) is 18.0 Å². The zero-order valence-electron chi connectivity index (χ0n) is 16.6. The summed E-state index contributed by atoms with van der Waals surface area (Å²) in [6, 6.07) is 10.9. The van der Waals surface area contributed by atoms with E-state index in [1.165, 1.54) is 23.5 Å². The fourth-order valence-electron chi connectivity index (χ4n) is 3.78. The first-order valence-corrected chi connectivity index (χ1v) is 10.8. The molecule has 1 unspecified atom stereocenters. The lowest BCUT2D eigenvalue weighted by atomic mass is 10.1. The number of aromatic nitrogens is 2. The summed E-state index contributed by atoms with van der Waals surface area (Å²) in [6.07, 6.45) is -0.371. The van der Waals surface area contributed by atoms with Crippen LogP contribution in [0.25, 0.3) is 0 Å². The molecule has 0 spiro atoms. The molecular weight excluding hydrogens is 425 g/mol. The first-order chi connectivity index (χ1) is 14.9. The number of alkyl halides is 3. The molecule has 1 aliphatic heterocycles. The Bertz CT molecular complexity index is 1020. The van der Waals surface area contributed by atoms with Crippen LogP contribution in [-0.4, -0.2) is 33.9 Å². The maximum absolute atomic E-state index is 12.8. The van der Waals surface area contributed by atoms with Gasteiger partial charge < -0.3 is 5.32 Å². The zero-order chi connectivity index (χ0) is 21.8. The number of hydrogen-bond acceptors (Lipinski definition) is 5. The van der Waals surface area contributed by atoms with Crippen molar-refractivity contribution in [1.29, 1.82) is 0 Å². The summed E-state index contributed by atoms with van der Waals surface area (Å²) in [5.41, 5.74) is 1.78. The molecule has 1 aromatic carbocycles. The lowest BCUT2D eigenvalue weighted by molar-refractivity contribution is -0.137. The van der Waals surface area contributed by atoms with Gasteiger partial charge in [-0.15, -0.1) is 11.3 Å². The van der Waals surface area contributed by atoms with Crippen molar-refractivity contribution in [1.82, 2.24) is 14.9 Å². The lowest BCUT2D eigenvalue weighted by Crippen LogP contribution is -2.33. The maximum Gasteiger partial charge on any atom is 0.416 e. The number of hydrogen-bond donors (Lipinski definition) is 1. The zero-order valence-corrected chi connectivity index (χ0v) is 17.4. The Morgan fingerprint density at radius 1 is 1.19 bits per heavy atom. The number of nitrogens with one attached hydrogen (secondary N) is 1. The minimum absolute atomic E-state index is 0.0367. The fourth-order valence-corrected chi connectivity index (χ4v) is 4.33. The average molecular weight is 446 g/mol. The summed E-state index contributed by atoms with van der Waals surface area (Å²) >= 11 is 1.37. The van der Waals surface area contributed by atoms with Crippen LogP contribution in [0.1, 0.15) is 41.4 Å². The Labute approximate surface area is 182 Å². The van der Waals surface area contributed by atoms with E-state index in [1.54, 1.807) is 11.6 Å². The van der Waals surface area contributed by atoms with Gasteiger partial charge in [0.1, 0.15) is 0 Å². The third-order valence-corrected chi connectivity index (χ3v) is 5.91. The normalized spacial score (nSPS) is 17.1. The molecule has 0 radical (unpaired) electrons. The molecule has 162 valence electrons. The quantitative estimate of drug-likeness (QED) is 0.584. The van der Waals surface area contributed by atoms with Crippen molar-refractivity contribution in [2.24, 2.45) is 0 Å². The van der Waals surface area contributed by atoms with Gasteiger partial charge in [0.25, 0.3) is 0 Å². The highest BCUT2D eigenvalue weighted by Gasteiger charge is 2.30. The number of rotatable bonds is 6. The Morgan fingerprint density at radius 3 is 2.71 bits per heavy atom. The van der Waals surface area contributed by atoms with Gasteiger partial charge in [-0.05, 0) is 49.2 Å². The molecule has 1 saturated heterocycles. The summed E-state index contributed by atoms with van der Waals surface area (Å²) in [6.45, 7) is 1.07. The Hall–Kier alpha value is -2.78. The molecule has 5 nitrogen and oxygen atoms in total. The second kappa shape index (κ2) is 9.15. The van der Waals surface area contributed by atoms with Crippen molar-refractivity contribution in [2.75, 3.05) is 18.4 Å². The first-order valence-electron chi connectivity index (χ1n) is 9.94. The third-order valence-electron chi connectivity index (χ3n) is 5.23. The highest BCUT2D eigenvalue weighted by Crippen LogP contribution is 2.31. The number of amides is 1. The highest BCUT2D eigenvalue weighted by atomic mass is 32.1. The average Bonchev–Trinajstić information content (AvgIpc) is 3.40. The second-order valence-corrected chi connectivity index (χ2v) is 8.33. The molecular formula is C22H21F3N4OS. The summed E-state index contributed by atoms with van der Waals surface area (Å²) in [4.78, 5) is 23.3. The Balaban J connectivity index is 1.42. The molecule has 1 fully saturated rings. The molecule has 0 saturated carbocycles. The van der Waals surface area contributed by atoms with Gasteiger partial charge in [0.05, 0.1) is 23.8 Å². The Morgan fingerprint density at radius 2 is 2.00 bits per heavy atom. The third kappa shape index (κ3) is 5.48. The number of nitrogens with zero attached hydrogens (tertiary/aromatic N) is 3. The number of benzene rings is 1. The van der Waals surface area contributed by atoms with Crippen molar-refractivity contribution >= 4 is 22.4 Å². The minimum atomic E-state index is -4.34. The van der Waals surface area contributed by atoms with E-state index in [1.807, 2.05) is 18.2 Å². The van der Waals surface area contributed by atoms with E-state index in [-0.39, 0.29) is 18.5 Å². The minimum Gasteiger partial charge on any atom is -0.301 e. The highest BCUT2D eigenvalue weighted by molar-refractivity contribution is 7.13. The molecule has 1 amide bonds. The van der Waals surface area contributed by atoms with Gasteiger partial charge in [-0.2, -0.15) is 13.2 Å². The van der Waals surface area contributed by atoms with E-state index in [4.69, 9.17) is 4.98 Å². The van der Waals surface area contributed by atoms with Crippen LogP contribution < -0.4 is 5.32 Å². The SMILES string of the molecule is O=C(CN1CCCC1c1cccc(Cc2ccc(C(F)(F)F)cc2)n1)Nc1nccs1. The molecule has 31 heavy (non-hydrogen) atoms. The molecule has 3 aromatic rings. The van der Waals surface area contributed by atoms with Gasteiger partial charge in [-0.25, -0.2) is 4.98 Å². The number of carbonyl (C=O) groups excluding carboxylic acids is 1. The van der Waals surface area contributed by atoms with Gasteiger partial charge in [-0.1, -0.05) is 18.2 Å². The van der Waals surface area contributed by atoms with Crippen LogP contribution in [0.3, 0.4) is 0 Å². The van der Waals surface area contributed by atoms with Crippen LogP contribution >= 0.6 is 11.3 Å². The van der Waals surface area contributed by atoms with Gasteiger partial charge in [0.2, 0.25) is 5.91 Å². The number of carbonyl (C=O) groups is 1. The van der Waals surface area contributed by atoms with Crippen molar-refractivity contribution in [3.63, 3.8) is 0 Å². The predicted molar refractivity (Wildman–Crippen MR) is 113 cm³/mol. The lowest BCUT2D eigenvalue weighted by Gasteiger charge is -2.23. The first kappa shape index (κ1) is 21.5. The van der Waals surface area contributed by atoms with Gasteiger partial charge >= 0.3 is 6.18 Å². The molecule has 0 bridgehead atoms. The molecule has 0 aliphatic carbocycles. The van der Waals surface area contributed by atoms with E-state index in [0.29, 0.717) is 11.6 Å². The van der Waals surface area contributed by atoms with Crippen LogP contribution in [0.15, 0.2) is 54.0 Å². The number of anilines is 1. The number of halogens is 3. The van der Waals surface area contributed by atoms with E-state index >= 15 is 0 Å². The van der Waals surface area contributed by atoms with Crippen molar-refractivity contribution in [2.45, 2.75) is 31.5 Å². The second-order valence-electron chi connectivity index (χ2n) is 7.44. The van der Waals surface area contributed by atoms with Crippen LogP contribution in [0.4, 0.5) is 18.3 Å². The number of pyridine rings is 1. The summed E-state index contributed by atoms with van der Waals surface area (Å²) in [5.74, 6) is -0.109. The van der Waals surface area contributed by atoms with Gasteiger partial charge in [-0.3, -0.25) is 14.7 Å². The standard InChI is InChI=1S/C22H21F3N4OS/c23-22(24,25)16-8-6-15(7-9-16)13-17-3-1-4-18(27-17)19-5-2-11-29(19)14-20(30)28-21-26-10-12-31-21/h1,3-4,6-10,12,19H,2,5,11,13-14H2,(H,26,28,30). The number of thiazole rings is 1. The summed E-state index contributed by atoms with van der Waals surface area (Å²) in [7, 11) is 0. The maximum atomic E-state index is 12.8.